The molecule has 4 aromatic carbocycles. The van der Waals surface area contributed by atoms with Gasteiger partial charge in [-0.3, -0.25) is 4.79 Å². The van der Waals surface area contributed by atoms with Crippen LogP contribution in [0.4, 0.5) is 0 Å². The van der Waals surface area contributed by atoms with Gasteiger partial charge in [-0.2, -0.15) is 0 Å². The van der Waals surface area contributed by atoms with Gasteiger partial charge in [0, 0.05) is 23.3 Å². The fourth-order valence-electron chi connectivity index (χ4n) is 5.65. The summed E-state index contributed by atoms with van der Waals surface area (Å²) >= 11 is 12.8. The topological polar surface area (TPSA) is 121 Å². The lowest BCUT2D eigenvalue weighted by Gasteiger charge is -2.21. The molecule has 12 heteroatoms. The van der Waals surface area contributed by atoms with Gasteiger partial charge in [0.15, 0.2) is 11.5 Å². The molecule has 0 aliphatic heterocycles. The number of methoxy groups -OCH3 is 3. The average Bonchev–Trinajstić information content (AvgIpc) is 3.54. The van der Waals surface area contributed by atoms with Gasteiger partial charge in [0.1, 0.15) is 17.3 Å². The highest BCUT2D eigenvalue weighted by Gasteiger charge is 2.24. The summed E-state index contributed by atoms with van der Waals surface area (Å²) in [6.45, 7) is 2.81. The third-order valence-electron chi connectivity index (χ3n) is 8.20. The number of hydrogen-bond donors (Lipinski definition) is 2. The second-order valence-electron chi connectivity index (χ2n) is 11.8. The Morgan fingerprint density at radius 1 is 0.863 bits per heavy atom. The number of imidazole rings is 1. The Labute approximate surface area is 306 Å². The Kier molecular flexibility index (Phi) is 12.5. The number of carbonyl (C=O) groups excluding carboxylic acids is 1. The number of nitrogens with one attached hydrogen (secondary N) is 1. The lowest BCUT2D eigenvalue weighted by atomic mass is 10.0. The number of unbranched alkanes of at least 4 members (excludes halogenated alkanes) is 1. The van der Waals surface area contributed by atoms with Crippen molar-refractivity contribution in [2.45, 2.75) is 45.2 Å². The van der Waals surface area contributed by atoms with E-state index in [1.165, 1.54) is 33.5 Å². The first-order valence-electron chi connectivity index (χ1n) is 16.3. The Hall–Kier alpha value is -5.19. The van der Waals surface area contributed by atoms with E-state index < -0.39 is 12.0 Å². The van der Waals surface area contributed by atoms with Crippen LogP contribution in [0.5, 0.6) is 28.7 Å². The molecule has 5 aromatic rings. The molecule has 0 bridgehead atoms. The zero-order valence-corrected chi connectivity index (χ0v) is 30.3. The molecule has 5 rings (SSSR count). The van der Waals surface area contributed by atoms with Crippen molar-refractivity contribution in [2.75, 3.05) is 21.3 Å². The van der Waals surface area contributed by atoms with E-state index in [4.69, 9.17) is 47.1 Å². The third kappa shape index (κ3) is 9.33. The van der Waals surface area contributed by atoms with Crippen molar-refractivity contribution in [3.8, 4) is 40.0 Å². The summed E-state index contributed by atoms with van der Waals surface area (Å²) in [6.07, 6.45) is 4.30. The summed E-state index contributed by atoms with van der Waals surface area (Å²) in [5, 5.41) is 13.4. The molecule has 1 amide bonds. The van der Waals surface area contributed by atoms with Crippen LogP contribution >= 0.6 is 23.2 Å². The van der Waals surface area contributed by atoms with Crippen LogP contribution in [0, 0.1) is 0 Å². The first-order chi connectivity index (χ1) is 24.6. The van der Waals surface area contributed by atoms with Gasteiger partial charge in [0.25, 0.3) is 0 Å². The number of hydrogen-bond acceptors (Lipinski definition) is 7. The van der Waals surface area contributed by atoms with Crippen LogP contribution in [0.3, 0.4) is 0 Å². The highest BCUT2D eigenvalue weighted by atomic mass is 35.5. The minimum Gasteiger partial charge on any atom is -0.493 e. The molecule has 1 heterocycles. The standard InChI is InChI=1S/C39H39Cl2N3O7/c1-5-6-17-44-23-33(30-16-11-27(40)22-31(30)41)43-38(44)32(42-36(45)21-25-19-34(48-2)37(50-4)35(20-25)49-3)18-24-7-12-28(13-8-24)51-29-14-9-26(10-15-29)39(46)47/h7-16,19-20,22-23,32H,5-6,17-18,21H2,1-4H3,(H,42,45)(H,46,47)/t32-/m0/s1. The number of benzene rings is 4. The summed E-state index contributed by atoms with van der Waals surface area (Å²) in [4.78, 5) is 30.1. The number of carboxylic acids is 1. The van der Waals surface area contributed by atoms with E-state index in [-0.39, 0.29) is 17.9 Å². The minimum absolute atomic E-state index is 0.0478. The maximum absolute atomic E-state index is 13.8. The molecular formula is C39H39Cl2N3O7. The van der Waals surface area contributed by atoms with Crippen molar-refractivity contribution < 1.29 is 33.6 Å². The molecule has 1 aromatic heterocycles. The number of nitrogens with zero attached hydrogens (tertiary/aromatic N) is 2. The maximum Gasteiger partial charge on any atom is 0.335 e. The van der Waals surface area contributed by atoms with E-state index in [1.807, 2.05) is 36.5 Å². The number of aromatic carboxylic acids is 1. The average molecular weight is 733 g/mol. The number of ether oxygens (including phenoxy) is 4. The fourth-order valence-corrected chi connectivity index (χ4v) is 6.15. The largest absolute Gasteiger partial charge is 0.493 e. The van der Waals surface area contributed by atoms with Crippen LogP contribution in [0.15, 0.2) is 85.1 Å². The number of carboxylic acid groups (broad SMARTS) is 1. The van der Waals surface area contributed by atoms with E-state index in [1.54, 1.807) is 36.4 Å². The number of rotatable bonds is 16. The molecule has 0 aliphatic rings. The van der Waals surface area contributed by atoms with Crippen molar-refractivity contribution in [3.05, 3.63) is 118 Å². The van der Waals surface area contributed by atoms with Crippen LogP contribution in [0.25, 0.3) is 11.3 Å². The molecule has 0 radical (unpaired) electrons. The number of aromatic nitrogens is 2. The Morgan fingerprint density at radius 2 is 1.51 bits per heavy atom. The zero-order valence-electron chi connectivity index (χ0n) is 28.7. The van der Waals surface area contributed by atoms with Gasteiger partial charge >= 0.3 is 5.97 Å². The van der Waals surface area contributed by atoms with Gasteiger partial charge in [0.05, 0.1) is 50.1 Å². The van der Waals surface area contributed by atoms with E-state index in [2.05, 4.69) is 16.8 Å². The molecule has 0 fully saturated rings. The van der Waals surface area contributed by atoms with Gasteiger partial charge in [0.2, 0.25) is 11.7 Å². The molecular weight excluding hydrogens is 693 g/mol. The predicted molar refractivity (Wildman–Crippen MR) is 197 cm³/mol. The monoisotopic (exact) mass is 731 g/mol. The normalized spacial score (nSPS) is 11.5. The number of amides is 1. The van der Waals surface area contributed by atoms with Crippen molar-refractivity contribution in [3.63, 3.8) is 0 Å². The summed E-state index contributed by atoms with van der Waals surface area (Å²) in [6, 6.07) is 22.0. The second-order valence-corrected chi connectivity index (χ2v) is 12.6. The van der Waals surface area contributed by atoms with Crippen molar-refractivity contribution in [1.82, 2.24) is 14.9 Å². The van der Waals surface area contributed by atoms with Crippen LogP contribution in [-0.2, 0) is 24.2 Å². The summed E-state index contributed by atoms with van der Waals surface area (Å²) in [7, 11) is 4.59. The van der Waals surface area contributed by atoms with Gasteiger partial charge in [-0.05, 0) is 90.7 Å². The Morgan fingerprint density at radius 3 is 2.08 bits per heavy atom. The van der Waals surface area contributed by atoms with E-state index in [9.17, 15) is 14.7 Å². The van der Waals surface area contributed by atoms with Crippen molar-refractivity contribution in [1.29, 1.82) is 0 Å². The minimum atomic E-state index is -1.00. The van der Waals surface area contributed by atoms with Gasteiger partial charge in [-0.1, -0.05) is 48.7 Å². The van der Waals surface area contributed by atoms with Gasteiger partial charge in [-0.25, -0.2) is 9.78 Å². The molecule has 51 heavy (non-hydrogen) atoms. The predicted octanol–water partition coefficient (Wildman–Crippen LogP) is 8.82. The highest BCUT2D eigenvalue weighted by molar-refractivity contribution is 6.36. The van der Waals surface area contributed by atoms with Gasteiger partial charge < -0.3 is 33.9 Å². The van der Waals surface area contributed by atoms with Crippen LogP contribution < -0.4 is 24.3 Å². The van der Waals surface area contributed by atoms with Crippen LogP contribution in [0.1, 0.15) is 53.1 Å². The Balaban J connectivity index is 1.46. The van der Waals surface area contributed by atoms with Crippen molar-refractivity contribution in [2.24, 2.45) is 0 Å². The lowest BCUT2D eigenvalue weighted by molar-refractivity contribution is -0.121. The third-order valence-corrected chi connectivity index (χ3v) is 8.75. The van der Waals surface area contributed by atoms with E-state index in [0.29, 0.717) is 68.8 Å². The first-order valence-corrected chi connectivity index (χ1v) is 17.1. The van der Waals surface area contributed by atoms with E-state index >= 15 is 0 Å². The van der Waals surface area contributed by atoms with Crippen LogP contribution in [0.2, 0.25) is 10.0 Å². The zero-order chi connectivity index (χ0) is 36.5. The maximum atomic E-state index is 13.8. The number of halogens is 2. The molecule has 0 aliphatic carbocycles. The second kappa shape index (κ2) is 17.2. The molecule has 1 atom stereocenters. The van der Waals surface area contributed by atoms with Crippen molar-refractivity contribution >= 4 is 35.1 Å². The number of aryl methyl sites for hydroxylation is 1. The van der Waals surface area contributed by atoms with Gasteiger partial charge in [-0.15, -0.1) is 0 Å². The smallest absolute Gasteiger partial charge is 0.335 e. The quantitative estimate of drug-likeness (QED) is 0.103. The number of carbonyl (C=O) groups is 2. The molecule has 266 valence electrons. The first kappa shape index (κ1) is 37.1. The summed E-state index contributed by atoms with van der Waals surface area (Å²) in [5.41, 5.74) is 3.19. The fraction of sp³-hybridized carbons (Fsp3) is 0.256. The molecule has 0 spiro atoms. The summed E-state index contributed by atoms with van der Waals surface area (Å²) in [5.74, 6) is 1.89. The molecule has 0 saturated carbocycles. The molecule has 10 nitrogen and oxygen atoms in total. The Bertz CT molecular complexity index is 1950. The molecule has 2 N–H and O–H groups in total. The summed E-state index contributed by atoms with van der Waals surface area (Å²) < 4.78 is 24.5. The molecule has 0 saturated heterocycles. The lowest BCUT2D eigenvalue weighted by Crippen LogP contribution is -2.33. The highest BCUT2D eigenvalue weighted by Crippen LogP contribution is 2.38. The molecule has 0 unspecified atom stereocenters. The SMILES string of the molecule is CCCCn1cc(-c2ccc(Cl)cc2Cl)nc1[C@H](Cc1ccc(Oc2ccc(C(=O)O)cc2)cc1)NC(=O)Cc1cc(OC)c(OC)c(OC)c1. The van der Waals surface area contributed by atoms with Crippen LogP contribution in [-0.4, -0.2) is 47.9 Å². The van der Waals surface area contributed by atoms with E-state index in [0.717, 1.165) is 24.0 Å².